The molecule has 0 N–H and O–H groups in total. The molecule has 0 spiro atoms. The highest BCUT2D eigenvalue weighted by molar-refractivity contribution is 5.77. The number of fused-ring (bicyclic) bond motifs is 1. The van der Waals surface area contributed by atoms with E-state index < -0.39 is 0 Å². The van der Waals surface area contributed by atoms with Gasteiger partial charge in [-0.1, -0.05) is 32.9 Å². The van der Waals surface area contributed by atoms with Gasteiger partial charge in [0.25, 0.3) is 0 Å². The summed E-state index contributed by atoms with van der Waals surface area (Å²) in [5, 5.41) is 1.18. The zero-order valence-corrected chi connectivity index (χ0v) is 9.00. The van der Waals surface area contributed by atoms with Gasteiger partial charge >= 0.3 is 0 Å². The first-order chi connectivity index (χ1) is 6.54. The van der Waals surface area contributed by atoms with Gasteiger partial charge in [0.15, 0.2) is 0 Å². The maximum absolute atomic E-state index is 5.37. The maximum Gasteiger partial charge on any atom is 0.134 e. The lowest BCUT2D eigenvalue weighted by molar-refractivity contribution is 0.411. The minimum Gasteiger partial charge on any atom is -0.464 e. The fourth-order valence-corrected chi connectivity index (χ4v) is 1.72. The molecule has 14 heavy (non-hydrogen) atoms. The van der Waals surface area contributed by atoms with E-state index in [-0.39, 0.29) is 0 Å². The van der Waals surface area contributed by atoms with E-state index in [2.05, 4.69) is 39.0 Å². The van der Waals surface area contributed by atoms with Crippen LogP contribution in [0.15, 0.2) is 34.9 Å². The Hall–Kier alpha value is -1.24. The molecule has 0 saturated carbocycles. The van der Waals surface area contributed by atoms with E-state index in [4.69, 9.17) is 4.42 Å². The highest BCUT2D eigenvalue weighted by atomic mass is 16.3. The summed E-state index contributed by atoms with van der Waals surface area (Å²) in [4.78, 5) is 0. The summed E-state index contributed by atoms with van der Waals surface area (Å²) < 4.78 is 5.37. The van der Waals surface area contributed by atoms with Crippen LogP contribution in [0.2, 0.25) is 0 Å². The third kappa shape index (κ3) is 1.98. The molecule has 74 valence electrons. The second-order valence-corrected chi connectivity index (χ2v) is 5.03. The predicted octanol–water partition coefficient (Wildman–Crippen LogP) is 4.02. The molecule has 0 aliphatic carbocycles. The number of hydrogen-bond acceptors (Lipinski definition) is 1. The van der Waals surface area contributed by atoms with E-state index in [9.17, 15) is 0 Å². The van der Waals surface area contributed by atoms with E-state index in [1.54, 1.807) is 6.26 Å². The SMILES string of the molecule is CC(C)(C)Cc1ccc2ccoc2c1. The van der Waals surface area contributed by atoms with Gasteiger partial charge in [0.2, 0.25) is 0 Å². The van der Waals surface area contributed by atoms with Crippen molar-refractivity contribution in [2.24, 2.45) is 5.41 Å². The molecule has 0 amide bonds. The van der Waals surface area contributed by atoms with E-state index >= 15 is 0 Å². The van der Waals surface area contributed by atoms with Crippen LogP contribution in [-0.4, -0.2) is 0 Å². The van der Waals surface area contributed by atoms with Gasteiger partial charge in [-0.05, 0) is 29.5 Å². The number of benzene rings is 1. The summed E-state index contributed by atoms with van der Waals surface area (Å²) >= 11 is 0. The lowest BCUT2D eigenvalue weighted by atomic mass is 9.88. The zero-order valence-electron chi connectivity index (χ0n) is 9.00. The van der Waals surface area contributed by atoms with Gasteiger partial charge in [0.05, 0.1) is 6.26 Å². The first-order valence-corrected chi connectivity index (χ1v) is 5.01. The van der Waals surface area contributed by atoms with Crippen molar-refractivity contribution in [1.29, 1.82) is 0 Å². The van der Waals surface area contributed by atoms with E-state index in [1.807, 2.05) is 6.07 Å². The van der Waals surface area contributed by atoms with Gasteiger partial charge < -0.3 is 4.42 Å². The lowest BCUT2D eigenvalue weighted by Gasteiger charge is -2.17. The molecule has 0 fully saturated rings. The summed E-state index contributed by atoms with van der Waals surface area (Å²) in [5.74, 6) is 0. The Labute approximate surface area is 84.7 Å². The van der Waals surface area contributed by atoms with Crippen molar-refractivity contribution in [1.82, 2.24) is 0 Å². The minimum atomic E-state index is 0.334. The Morgan fingerprint density at radius 2 is 1.93 bits per heavy atom. The third-order valence-corrected chi connectivity index (χ3v) is 2.26. The average Bonchev–Trinajstić information content (AvgIpc) is 2.47. The van der Waals surface area contributed by atoms with Gasteiger partial charge in [-0.15, -0.1) is 0 Å². The molecule has 0 bridgehead atoms. The van der Waals surface area contributed by atoms with Crippen LogP contribution in [0.1, 0.15) is 26.3 Å². The highest BCUT2D eigenvalue weighted by Crippen LogP contribution is 2.23. The average molecular weight is 188 g/mol. The van der Waals surface area contributed by atoms with Gasteiger partial charge in [0, 0.05) is 5.39 Å². The molecule has 0 radical (unpaired) electrons. The molecule has 2 rings (SSSR count). The van der Waals surface area contributed by atoms with Crippen LogP contribution in [0.25, 0.3) is 11.0 Å². The molecule has 0 saturated heterocycles. The monoisotopic (exact) mass is 188 g/mol. The fraction of sp³-hybridized carbons (Fsp3) is 0.385. The molecule has 1 aromatic carbocycles. The van der Waals surface area contributed by atoms with Crippen molar-refractivity contribution in [3.05, 3.63) is 36.1 Å². The van der Waals surface area contributed by atoms with Crippen LogP contribution in [0, 0.1) is 5.41 Å². The van der Waals surface area contributed by atoms with Crippen molar-refractivity contribution in [3.8, 4) is 0 Å². The Balaban J connectivity index is 2.35. The minimum absolute atomic E-state index is 0.334. The van der Waals surface area contributed by atoms with E-state index in [1.165, 1.54) is 10.9 Å². The van der Waals surface area contributed by atoms with Crippen molar-refractivity contribution in [3.63, 3.8) is 0 Å². The second-order valence-electron chi connectivity index (χ2n) is 5.03. The van der Waals surface area contributed by atoms with Crippen molar-refractivity contribution >= 4 is 11.0 Å². The van der Waals surface area contributed by atoms with Crippen LogP contribution < -0.4 is 0 Å². The van der Waals surface area contributed by atoms with Crippen LogP contribution in [0.3, 0.4) is 0 Å². The maximum atomic E-state index is 5.37. The van der Waals surface area contributed by atoms with Gasteiger partial charge in [-0.3, -0.25) is 0 Å². The molecule has 1 heterocycles. The number of hydrogen-bond donors (Lipinski definition) is 0. The number of furan rings is 1. The van der Waals surface area contributed by atoms with E-state index in [0.717, 1.165) is 12.0 Å². The molecule has 2 aromatic rings. The van der Waals surface area contributed by atoms with Crippen LogP contribution >= 0.6 is 0 Å². The Morgan fingerprint density at radius 3 is 2.64 bits per heavy atom. The topological polar surface area (TPSA) is 13.1 Å². The van der Waals surface area contributed by atoms with Crippen molar-refractivity contribution < 1.29 is 4.42 Å². The van der Waals surface area contributed by atoms with Crippen molar-refractivity contribution in [2.75, 3.05) is 0 Å². The summed E-state index contributed by atoms with van der Waals surface area (Å²) in [6.45, 7) is 6.75. The highest BCUT2D eigenvalue weighted by Gasteiger charge is 2.11. The first kappa shape index (κ1) is 9.32. The summed E-state index contributed by atoms with van der Waals surface area (Å²) in [6, 6.07) is 8.44. The number of rotatable bonds is 1. The quantitative estimate of drug-likeness (QED) is 0.658. The van der Waals surface area contributed by atoms with Crippen LogP contribution in [0.4, 0.5) is 0 Å². The third-order valence-electron chi connectivity index (χ3n) is 2.26. The second kappa shape index (κ2) is 3.16. The molecule has 0 atom stereocenters. The standard InChI is InChI=1S/C13H16O/c1-13(2,3)9-10-4-5-11-6-7-14-12(11)8-10/h4-8H,9H2,1-3H3. The van der Waals surface area contributed by atoms with Crippen LogP contribution in [0.5, 0.6) is 0 Å². The van der Waals surface area contributed by atoms with E-state index in [0.29, 0.717) is 5.41 Å². The summed E-state index contributed by atoms with van der Waals surface area (Å²) in [7, 11) is 0. The largest absolute Gasteiger partial charge is 0.464 e. The molecule has 1 heteroatoms. The molecule has 0 aliphatic rings. The Bertz CT molecular complexity index is 432. The molecule has 0 aliphatic heterocycles. The molecular weight excluding hydrogens is 172 g/mol. The Morgan fingerprint density at radius 1 is 1.14 bits per heavy atom. The van der Waals surface area contributed by atoms with Crippen LogP contribution in [-0.2, 0) is 6.42 Å². The fourth-order valence-electron chi connectivity index (χ4n) is 1.72. The Kier molecular flexibility index (Phi) is 2.10. The predicted molar refractivity (Wildman–Crippen MR) is 59.4 cm³/mol. The molecule has 1 nitrogen and oxygen atoms in total. The van der Waals surface area contributed by atoms with Gasteiger partial charge in [0.1, 0.15) is 5.58 Å². The lowest BCUT2D eigenvalue weighted by Crippen LogP contribution is -2.08. The van der Waals surface area contributed by atoms with Gasteiger partial charge in [-0.25, -0.2) is 0 Å². The van der Waals surface area contributed by atoms with Gasteiger partial charge in [-0.2, -0.15) is 0 Å². The summed E-state index contributed by atoms with van der Waals surface area (Å²) in [6.07, 6.45) is 2.83. The summed E-state index contributed by atoms with van der Waals surface area (Å²) in [5.41, 5.74) is 2.67. The zero-order chi connectivity index (χ0) is 10.2. The molecule has 1 aromatic heterocycles. The normalized spacial score (nSPS) is 12.2. The van der Waals surface area contributed by atoms with Crippen molar-refractivity contribution in [2.45, 2.75) is 27.2 Å². The first-order valence-electron chi connectivity index (χ1n) is 5.01. The smallest absolute Gasteiger partial charge is 0.134 e. The molecule has 0 unspecified atom stereocenters. The molecular formula is C13H16O.